The Kier molecular flexibility index (Phi) is 4.54. The van der Waals surface area contributed by atoms with Gasteiger partial charge in [0.2, 0.25) is 6.79 Å². The molecular weight excluding hydrogens is 340 g/mol. The number of piperazine rings is 1. The topological polar surface area (TPSA) is 67.8 Å². The van der Waals surface area contributed by atoms with Crippen LogP contribution >= 0.6 is 11.5 Å². The fourth-order valence-corrected chi connectivity index (χ4v) is 3.87. The van der Waals surface area contributed by atoms with Gasteiger partial charge in [0.15, 0.2) is 11.5 Å². The van der Waals surface area contributed by atoms with E-state index in [1.165, 1.54) is 17.1 Å². The second-order valence-electron chi connectivity index (χ2n) is 6.16. The predicted molar refractivity (Wildman–Crippen MR) is 93.0 cm³/mol. The predicted octanol–water partition coefficient (Wildman–Crippen LogP) is 1.79. The maximum atomic E-state index is 12.6. The van der Waals surface area contributed by atoms with E-state index in [4.69, 9.17) is 9.47 Å². The van der Waals surface area contributed by atoms with E-state index >= 15 is 0 Å². The van der Waals surface area contributed by atoms with Crippen LogP contribution in [0, 0.1) is 0 Å². The third kappa shape index (κ3) is 3.32. The van der Waals surface area contributed by atoms with Crippen molar-refractivity contribution in [2.45, 2.75) is 19.9 Å². The van der Waals surface area contributed by atoms with Crippen molar-refractivity contribution in [3.05, 3.63) is 34.3 Å². The van der Waals surface area contributed by atoms with Gasteiger partial charge < -0.3 is 14.4 Å². The monoisotopic (exact) mass is 360 g/mol. The lowest BCUT2D eigenvalue weighted by Crippen LogP contribution is -2.48. The third-order valence-electron chi connectivity index (χ3n) is 4.59. The minimum Gasteiger partial charge on any atom is -0.454 e. The lowest BCUT2D eigenvalue weighted by Gasteiger charge is -2.34. The summed E-state index contributed by atoms with van der Waals surface area (Å²) in [6.45, 7) is 6.31. The molecular formula is C17H20N4O3S. The van der Waals surface area contributed by atoms with Gasteiger partial charge in [0, 0.05) is 32.7 Å². The lowest BCUT2D eigenvalue weighted by molar-refractivity contribution is 0.0632. The molecule has 4 rings (SSSR count). The summed E-state index contributed by atoms with van der Waals surface area (Å²) in [7, 11) is 0. The highest BCUT2D eigenvalue weighted by molar-refractivity contribution is 7.08. The molecule has 1 amide bonds. The normalized spacial score (nSPS) is 17.1. The Hall–Kier alpha value is -2.19. The van der Waals surface area contributed by atoms with Gasteiger partial charge in [-0.05, 0) is 35.6 Å². The highest BCUT2D eigenvalue weighted by Crippen LogP contribution is 2.32. The Morgan fingerprint density at radius 1 is 1.20 bits per heavy atom. The van der Waals surface area contributed by atoms with Gasteiger partial charge in [-0.1, -0.05) is 17.5 Å². The minimum atomic E-state index is 0.0644. The van der Waals surface area contributed by atoms with Crippen LogP contribution in [-0.4, -0.2) is 58.3 Å². The summed E-state index contributed by atoms with van der Waals surface area (Å²) in [5.74, 6) is 1.69. The SMILES string of the molecule is CCc1nnsc1C(=O)N1CCN(Cc2ccc3c(c2)OCO3)CC1. The van der Waals surface area contributed by atoms with Gasteiger partial charge in [-0.2, -0.15) is 0 Å². The second-order valence-corrected chi connectivity index (χ2v) is 6.91. The average molecular weight is 360 g/mol. The van der Waals surface area contributed by atoms with Crippen LogP contribution in [0.4, 0.5) is 0 Å². The van der Waals surface area contributed by atoms with Crippen molar-refractivity contribution >= 4 is 17.4 Å². The zero-order valence-electron chi connectivity index (χ0n) is 14.1. The van der Waals surface area contributed by atoms with E-state index < -0.39 is 0 Å². The van der Waals surface area contributed by atoms with Crippen LogP contribution in [-0.2, 0) is 13.0 Å². The summed E-state index contributed by atoms with van der Waals surface area (Å²) in [5.41, 5.74) is 2.00. The molecule has 0 unspecified atom stereocenters. The highest BCUT2D eigenvalue weighted by atomic mass is 32.1. The molecule has 0 saturated carbocycles. The van der Waals surface area contributed by atoms with Gasteiger partial charge in [-0.25, -0.2) is 0 Å². The van der Waals surface area contributed by atoms with E-state index in [1.807, 2.05) is 24.0 Å². The molecule has 1 fully saturated rings. The maximum Gasteiger partial charge on any atom is 0.267 e. The van der Waals surface area contributed by atoms with Crippen molar-refractivity contribution in [1.82, 2.24) is 19.4 Å². The van der Waals surface area contributed by atoms with Crippen LogP contribution in [0.25, 0.3) is 0 Å². The van der Waals surface area contributed by atoms with E-state index in [0.29, 0.717) is 11.7 Å². The Morgan fingerprint density at radius 3 is 2.80 bits per heavy atom. The zero-order chi connectivity index (χ0) is 17.2. The number of fused-ring (bicyclic) bond motifs is 1. The van der Waals surface area contributed by atoms with E-state index in [2.05, 4.69) is 20.6 Å². The molecule has 0 N–H and O–H groups in total. The molecule has 2 aliphatic rings. The number of benzene rings is 1. The summed E-state index contributed by atoms with van der Waals surface area (Å²) in [5, 5.41) is 4.04. The molecule has 132 valence electrons. The Balaban J connectivity index is 1.34. The van der Waals surface area contributed by atoms with Gasteiger partial charge in [0.1, 0.15) is 4.88 Å². The molecule has 0 atom stereocenters. The zero-order valence-corrected chi connectivity index (χ0v) is 14.9. The first-order chi connectivity index (χ1) is 12.2. The molecule has 0 radical (unpaired) electrons. The molecule has 2 aliphatic heterocycles. The van der Waals surface area contributed by atoms with E-state index in [-0.39, 0.29) is 5.91 Å². The summed E-state index contributed by atoms with van der Waals surface area (Å²) in [4.78, 5) is 17.6. The first kappa shape index (κ1) is 16.3. The molecule has 1 aromatic carbocycles. The highest BCUT2D eigenvalue weighted by Gasteiger charge is 2.26. The number of ether oxygens (including phenoxy) is 2. The van der Waals surface area contributed by atoms with Gasteiger partial charge in [-0.3, -0.25) is 9.69 Å². The number of carbonyl (C=O) groups is 1. The van der Waals surface area contributed by atoms with Crippen LogP contribution in [0.3, 0.4) is 0 Å². The number of hydrogen-bond donors (Lipinski definition) is 0. The summed E-state index contributed by atoms with van der Waals surface area (Å²) < 4.78 is 14.7. The first-order valence-corrected chi connectivity index (χ1v) is 9.23. The molecule has 0 aliphatic carbocycles. The van der Waals surface area contributed by atoms with Crippen LogP contribution in [0.1, 0.15) is 27.9 Å². The number of aryl methyl sites for hydroxylation is 1. The number of amides is 1. The van der Waals surface area contributed by atoms with Gasteiger partial charge in [0.25, 0.3) is 5.91 Å². The Morgan fingerprint density at radius 2 is 2.00 bits per heavy atom. The minimum absolute atomic E-state index is 0.0644. The standard InChI is InChI=1S/C17H20N4O3S/c1-2-13-16(25-19-18-13)17(22)21-7-5-20(6-8-21)10-12-3-4-14-15(9-12)24-11-23-14/h3-4,9H,2,5-8,10-11H2,1H3. The molecule has 8 heteroatoms. The molecule has 0 bridgehead atoms. The van der Waals surface area contributed by atoms with Gasteiger partial charge in [0.05, 0.1) is 5.69 Å². The van der Waals surface area contributed by atoms with Crippen molar-refractivity contribution in [1.29, 1.82) is 0 Å². The van der Waals surface area contributed by atoms with Crippen molar-refractivity contribution < 1.29 is 14.3 Å². The summed E-state index contributed by atoms with van der Waals surface area (Å²) in [6, 6.07) is 6.07. The van der Waals surface area contributed by atoms with Crippen molar-refractivity contribution in [3.63, 3.8) is 0 Å². The number of carbonyl (C=O) groups excluding carboxylic acids is 1. The molecule has 1 saturated heterocycles. The molecule has 1 aromatic heterocycles. The van der Waals surface area contributed by atoms with Gasteiger partial charge in [-0.15, -0.1) is 5.10 Å². The van der Waals surface area contributed by atoms with Crippen LogP contribution in [0.5, 0.6) is 11.5 Å². The van der Waals surface area contributed by atoms with E-state index in [1.54, 1.807) is 0 Å². The number of aromatic nitrogens is 2. The lowest BCUT2D eigenvalue weighted by atomic mass is 10.1. The van der Waals surface area contributed by atoms with Crippen LogP contribution < -0.4 is 9.47 Å². The molecule has 0 spiro atoms. The molecule has 25 heavy (non-hydrogen) atoms. The van der Waals surface area contributed by atoms with Crippen LogP contribution in [0.2, 0.25) is 0 Å². The summed E-state index contributed by atoms with van der Waals surface area (Å²) in [6.07, 6.45) is 0.738. The largest absolute Gasteiger partial charge is 0.454 e. The quantitative estimate of drug-likeness (QED) is 0.828. The van der Waals surface area contributed by atoms with Crippen molar-refractivity contribution in [2.24, 2.45) is 0 Å². The van der Waals surface area contributed by atoms with E-state index in [9.17, 15) is 4.79 Å². The Labute approximate surface area is 150 Å². The number of hydrogen-bond acceptors (Lipinski definition) is 7. The maximum absolute atomic E-state index is 12.6. The fraction of sp³-hybridized carbons (Fsp3) is 0.471. The Bertz CT molecular complexity index is 771. The number of nitrogens with zero attached hydrogens (tertiary/aromatic N) is 4. The molecule has 2 aromatic rings. The summed E-state index contributed by atoms with van der Waals surface area (Å²) >= 11 is 1.20. The second kappa shape index (κ2) is 6.97. The average Bonchev–Trinajstić information content (AvgIpc) is 3.30. The van der Waals surface area contributed by atoms with Crippen molar-refractivity contribution in [2.75, 3.05) is 33.0 Å². The van der Waals surface area contributed by atoms with E-state index in [0.717, 1.165) is 56.3 Å². The van der Waals surface area contributed by atoms with Crippen molar-refractivity contribution in [3.8, 4) is 11.5 Å². The van der Waals surface area contributed by atoms with Crippen LogP contribution in [0.15, 0.2) is 18.2 Å². The first-order valence-electron chi connectivity index (χ1n) is 8.46. The number of rotatable bonds is 4. The molecule has 7 nitrogen and oxygen atoms in total. The molecule has 3 heterocycles. The third-order valence-corrected chi connectivity index (χ3v) is 5.34. The smallest absolute Gasteiger partial charge is 0.267 e. The van der Waals surface area contributed by atoms with Gasteiger partial charge >= 0.3 is 0 Å². The fourth-order valence-electron chi connectivity index (χ4n) is 3.15.